The van der Waals surface area contributed by atoms with Crippen LogP contribution in [-0.4, -0.2) is 35.5 Å². The highest BCUT2D eigenvalue weighted by Gasteiger charge is 2.18. The molecule has 0 saturated heterocycles. The third kappa shape index (κ3) is 5.19. The molecule has 1 rings (SSSR count). The second kappa shape index (κ2) is 8.81. The molecule has 22 heavy (non-hydrogen) atoms. The number of amides is 2. The molecular weight excluding hydrogens is 284 g/mol. The first-order chi connectivity index (χ1) is 10.5. The van der Waals surface area contributed by atoms with Gasteiger partial charge in [-0.1, -0.05) is 25.1 Å². The van der Waals surface area contributed by atoms with Gasteiger partial charge in [-0.3, -0.25) is 14.4 Å². The fourth-order valence-corrected chi connectivity index (χ4v) is 1.79. The Hall–Kier alpha value is -2.38. The van der Waals surface area contributed by atoms with E-state index in [0.717, 1.165) is 12.0 Å². The quantitative estimate of drug-likeness (QED) is 0.420. The lowest BCUT2D eigenvalue weighted by Crippen LogP contribution is -2.33. The van der Waals surface area contributed by atoms with Crippen molar-refractivity contribution in [3.05, 3.63) is 47.3 Å². The van der Waals surface area contributed by atoms with Crippen molar-refractivity contribution < 1.29 is 14.4 Å². The molecule has 0 aliphatic heterocycles. The Morgan fingerprint density at radius 2 is 2.05 bits per heavy atom. The lowest BCUT2D eigenvalue weighted by molar-refractivity contribution is -0.152. The number of hydrogen-bond acceptors (Lipinski definition) is 6. The molecule has 0 atom stereocenters. The first-order valence-electron chi connectivity index (χ1n) is 6.94. The molecule has 0 aliphatic carbocycles. The minimum Gasteiger partial charge on any atom is -0.399 e. The molecule has 0 aromatic heterocycles. The number of benzene rings is 1. The van der Waals surface area contributed by atoms with Crippen LogP contribution >= 0.6 is 0 Å². The SMILES string of the molecule is CCCN(N)/C=C(\N)CON(C=O)C(=O)c1ccccc1C. The summed E-state index contributed by atoms with van der Waals surface area (Å²) < 4.78 is 0. The number of carbonyl (C=O) groups is 2. The van der Waals surface area contributed by atoms with Crippen molar-refractivity contribution in [2.75, 3.05) is 13.2 Å². The third-order valence-corrected chi connectivity index (χ3v) is 2.86. The van der Waals surface area contributed by atoms with Gasteiger partial charge in [-0.2, -0.15) is 5.06 Å². The van der Waals surface area contributed by atoms with Crippen LogP contribution in [0.4, 0.5) is 0 Å². The van der Waals surface area contributed by atoms with E-state index in [1.54, 1.807) is 25.1 Å². The molecule has 0 bridgehead atoms. The molecule has 1 aromatic carbocycles. The molecule has 7 heteroatoms. The maximum atomic E-state index is 12.2. The van der Waals surface area contributed by atoms with Crippen LogP contribution in [0.3, 0.4) is 0 Å². The van der Waals surface area contributed by atoms with E-state index in [-0.39, 0.29) is 6.61 Å². The number of aryl methyl sites for hydroxylation is 1. The van der Waals surface area contributed by atoms with Crippen molar-refractivity contribution >= 4 is 12.3 Å². The van der Waals surface area contributed by atoms with Crippen molar-refractivity contribution in [1.29, 1.82) is 0 Å². The van der Waals surface area contributed by atoms with Gasteiger partial charge in [0.1, 0.15) is 6.61 Å². The molecule has 7 nitrogen and oxygen atoms in total. The van der Waals surface area contributed by atoms with Gasteiger partial charge in [0.2, 0.25) is 6.41 Å². The van der Waals surface area contributed by atoms with E-state index in [9.17, 15) is 9.59 Å². The Morgan fingerprint density at radius 3 is 2.64 bits per heavy atom. The highest BCUT2D eigenvalue weighted by atomic mass is 16.7. The van der Waals surface area contributed by atoms with Crippen LogP contribution < -0.4 is 11.6 Å². The predicted molar refractivity (Wildman–Crippen MR) is 82.8 cm³/mol. The van der Waals surface area contributed by atoms with Gasteiger partial charge in [0.05, 0.1) is 5.70 Å². The summed E-state index contributed by atoms with van der Waals surface area (Å²) in [5.41, 5.74) is 7.19. The molecule has 0 saturated carbocycles. The fraction of sp³-hybridized carbons (Fsp3) is 0.333. The van der Waals surface area contributed by atoms with Crippen molar-refractivity contribution in [3.63, 3.8) is 0 Å². The van der Waals surface area contributed by atoms with Crippen LogP contribution in [-0.2, 0) is 9.63 Å². The number of nitrogens with two attached hydrogens (primary N) is 2. The Morgan fingerprint density at radius 1 is 1.36 bits per heavy atom. The average molecular weight is 306 g/mol. The largest absolute Gasteiger partial charge is 0.399 e. The molecule has 0 aliphatic rings. The molecule has 2 amide bonds. The van der Waals surface area contributed by atoms with E-state index in [0.29, 0.717) is 29.3 Å². The fourth-order valence-electron chi connectivity index (χ4n) is 1.79. The highest BCUT2D eigenvalue weighted by Crippen LogP contribution is 2.10. The lowest BCUT2D eigenvalue weighted by Gasteiger charge is -2.17. The van der Waals surface area contributed by atoms with Gasteiger partial charge < -0.3 is 10.7 Å². The van der Waals surface area contributed by atoms with E-state index >= 15 is 0 Å². The number of rotatable bonds is 8. The average Bonchev–Trinajstić information content (AvgIpc) is 2.48. The molecule has 120 valence electrons. The zero-order chi connectivity index (χ0) is 16.5. The van der Waals surface area contributed by atoms with Crippen molar-refractivity contribution in [2.24, 2.45) is 11.6 Å². The number of hydroxylamine groups is 2. The molecule has 0 heterocycles. The van der Waals surface area contributed by atoms with Crippen LogP contribution in [0.2, 0.25) is 0 Å². The molecular formula is C15H22N4O3. The number of hydrazine groups is 1. The minimum absolute atomic E-state index is 0.117. The van der Waals surface area contributed by atoms with Crippen LogP contribution in [0.1, 0.15) is 29.3 Å². The van der Waals surface area contributed by atoms with Crippen LogP contribution in [0.5, 0.6) is 0 Å². The van der Waals surface area contributed by atoms with Crippen molar-refractivity contribution in [1.82, 2.24) is 10.1 Å². The minimum atomic E-state index is -0.543. The molecule has 0 unspecified atom stereocenters. The summed E-state index contributed by atoms with van der Waals surface area (Å²) in [6, 6.07) is 6.93. The van der Waals surface area contributed by atoms with Crippen molar-refractivity contribution in [2.45, 2.75) is 20.3 Å². The number of hydrogen-bond donors (Lipinski definition) is 2. The van der Waals surface area contributed by atoms with Gasteiger partial charge >= 0.3 is 0 Å². The Labute approximate surface area is 130 Å². The Kier molecular flexibility index (Phi) is 7.07. The maximum Gasteiger partial charge on any atom is 0.284 e. The van der Waals surface area contributed by atoms with E-state index < -0.39 is 5.91 Å². The Bertz CT molecular complexity index is 545. The van der Waals surface area contributed by atoms with Gasteiger partial charge in [-0.05, 0) is 25.0 Å². The first kappa shape index (κ1) is 17.7. The number of carbonyl (C=O) groups excluding carboxylic acids is 2. The molecule has 0 spiro atoms. The van der Waals surface area contributed by atoms with Crippen LogP contribution in [0.25, 0.3) is 0 Å². The van der Waals surface area contributed by atoms with E-state index in [1.165, 1.54) is 11.2 Å². The summed E-state index contributed by atoms with van der Waals surface area (Å²) in [6.45, 7) is 4.28. The monoisotopic (exact) mass is 306 g/mol. The van der Waals surface area contributed by atoms with Gasteiger partial charge in [-0.15, -0.1) is 0 Å². The van der Waals surface area contributed by atoms with E-state index in [4.69, 9.17) is 16.4 Å². The maximum absolute atomic E-state index is 12.2. The third-order valence-electron chi connectivity index (χ3n) is 2.86. The summed E-state index contributed by atoms with van der Waals surface area (Å²) in [7, 11) is 0. The second-order valence-corrected chi connectivity index (χ2v) is 4.77. The van der Waals surface area contributed by atoms with Gasteiger partial charge in [0, 0.05) is 18.3 Å². The van der Waals surface area contributed by atoms with Crippen LogP contribution in [0.15, 0.2) is 36.2 Å². The number of imide groups is 1. The zero-order valence-electron chi connectivity index (χ0n) is 12.9. The Balaban J connectivity index is 2.68. The smallest absolute Gasteiger partial charge is 0.284 e. The van der Waals surface area contributed by atoms with Gasteiger partial charge in [0.15, 0.2) is 0 Å². The van der Waals surface area contributed by atoms with Gasteiger partial charge in [-0.25, -0.2) is 5.84 Å². The predicted octanol–water partition coefficient (Wildman–Crippen LogP) is 0.911. The molecule has 0 radical (unpaired) electrons. The summed E-state index contributed by atoms with van der Waals surface area (Å²) in [6.07, 6.45) is 2.69. The number of nitrogens with zero attached hydrogens (tertiary/aromatic N) is 2. The molecule has 1 aromatic rings. The highest BCUT2D eigenvalue weighted by molar-refractivity contribution is 5.99. The summed E-state index contributed by atoms with van der Waals surface area (Å²) in [4.78, 5) is 28.4. The van der Waals surface area contributed by atoms with E-state index in [2.05, 4.69) is 0 Å². The van der Waals surface area contributed by atoms with E-state index in [1.807, 2.05) is 13.0 Å². The standard InChI is InChI=1S/C15H22N4O3/c1-3-8-18(17)9-13(16)10-22-19(11-20)15(21)14-7-5-4-6-12(14)2/h4-7,9,11H,3,8,10,16-17H2,1-2H3/b13-9-. The summed E-state index contributed by atoms with van der Waals surface area (Å²) >= 11 is 0. The topological polar surface area (TPSA) is 102 Å². The zero-order valence-corrected chi connectivity index (χ0v) is 12.9. The normalized spacial score (nSPS) is 11.1. The molecule has 0 fully saturated rings. The van der Waals surface area contributed by atoms with Crippen LogP contribution in [0, 0.1) is 6.92 Å². The van der Waals surface area contributed by atoms with Crippen molar-refractivity contribution in [3.8, 4) is 0 Å². The molecule has 4 N–H and O–H groups in total. The lowest BCUT2D eigenvalue weighted by atomic mass is 10.1. The summed E-state index contributed by atoms with van der Waals surface area (Å²) in [5.74, 6) is 5.12. The van der Waals surface area contributed by atoms with Gasteiger partial charge in [0.25, 0.3) is 5.91 Å². The first-order valence-corrected chi connectivity index (χ1v) is 6.94. The summed E-state index contributed by atoms with van der Waals surface area (Å²) in [5, 5.41) is 2.05. The second-order valence-electron chi connectivity index (χ2n) is 4.77.